The molecule has 0 bridgehead atoms. The van der Waals surface area contributed by atoms with Crippen LogP contribution in [0, 0.1) is 5.92 Å². The molecule has 0 aromatic heterocycles. The third-order valence-corrected chi connectivity index (χ3v) is 19.6. The number of nitrogens with zero attached hydrogens (tertiary/aromatic N) is 1. The second-order valence-corrected chi connectivity index (χ2v) is 24.7. The van der Waals surface area contributed by atoms with E-state index in [1.165, 1.54) is 15.3 Å². The van der Waals surface area contributed by atoms with Crippen molar-refractivity contribution in [3.8, 4) is 0 Å². The van der Waals surface area contributed by atoms with Crippen LogP contribution in [0.5, 0.6) is 0 Å². The van der Waals surface area contributed by atoms with Gasteiger partial charge in [-0.25, -0.2) is 9.69 Å². The molecule has 47 heavy (non-hydrogen) atoms. The fourth-order valence-corrected chi connectivity index (χ4v) is 12.3. The quantitative estimate of drug-likeness (QED) is 0.172. The normalized spacial score (nSPS) is 17.3. The molecule has 4 rings (SSSR count). The van der Waals surface area contributed by atoms with Gasteiger partial charge in [0.05, 0.1) is 18.8 Å². The van der Waals surface area contributed by atoms with Crippen molar-refractivity contribution < 1.29 is 23.2 Å². The highest BCUT2D eigenvalue weighted by atomic mass is 28.4. The van der Waals surface area contributed by atoms with Gasteiger partial charge in [-0.15, -0.1) is 0 Å². The predicted molar refractivity (Wildman–Crippen MR) is 196 cm³/mol. The number of cyclic esters (lactones) is 1. The Balaban J connectivity index is 1.59. The summed E-state index contributed by atoms with van der Waals surface area (Å²) >= 11 is 0. The molecule has 1 heterocycles. The molecule has 0 radical (unpaired) electrons. The number of ether oxygens (including phenoxy) is 1. The number of amides is 2. The summed E-state index contributed by atoms with van der Waals surface area (Å²) in [4.78, 5) is 27.7. The molecular formula is C39H55NO5Si2. The highest BCUT2D eigenvalue weighted by molar-refractivity contribution is 6.99. The van der Waals surface area contributed by atoms with Crippen molar-refractivity contribution in [2.24, 2.45) is 5.92 Å². The van der Waals surface area contributed by atoms with Gasteiger partial charge in [0.2, 0.25) is 5.91 Å². The lowest BCUT2D eigenvalue weighted by Gasteiger charge is -2.46. The molecule has 1 fully saturated rings. The Hall–Kier alpha value is -3.05. The molecule has 8 heteroatoms. The Morgan fingerprint density at radius 1 is 0.851 bits per heavy atom. The van der Waals surface area contributed by atoms with Gasteiger partial charge in [-0.05, 0) is 57.9 Å². The van der Waals surface area contributed by atoms with Crippen LogP contribution in [0.2, 0.25) is 23.2 Å². The molecule has 0 unspecified atom stereocenters. The number of carbonyl (C=O) groups is 2. The molecule has 0 spiro atoms. The molecule has 0 N–H and O–H groups in total. The van der Waals surface area contributed by atoms with E-state index in [2.05, 4.69) is 122 Å². The van der Waals surface area contributed by atoms with E-state index in [1.807, 2.05) is 30.3 Å². The molecule has 254 valence electrons. The molecule has 3 atom stereocenters. The van der Waals surface area contributed by atoms with Gasteiger partial charge in [-0.1, -0.05) is 139 Å². The molecule has 3 aromatic rings. The summed E-state index contributed by atoms with van der Waals surface area (Å²) < 4.78 is 19.9. The first kappa shape index (κ1) is 36.8. The summed E-state index contributed by atoms with van der Waals surface area (Å²) in [6.45, 7) is 20.9. The fraction of sp³-hybridized carbons (Fsp3) is 0.487. The second kappa shape index (κ2) is 15.0. The SMILES string of the molecule is C[C@@H](CCC(=O)N1C(=O)OC[C@@H]1Cc1ccccc1)[C@@H](CO[Si](c1ccccc1)(c1ccccc1)C(C)(C)C)O[Si](C)(C)C(C)(C)C. The van der Waals surface area contributed by atoms with Gasteiger partial charge in [0.1, 0.15) is 6.61 Å². The van der Waals surface area contributed by atoms with Crippen LogP contribution < -0.4 is 10.4 Å². The minimum Gasteiger partial charge on any atom is -0.447 e. The van der Waals surface area contributed by atoms with Gasteiger partial charge >= 0.3 is 6.09 Å². The highest BCUT2D eigenvalue weighted by Crippen LogP contribution is 2.40. The zero-order valence-electron chi connectivity index (χ0n) is 29.9. The maximum Gasteiger partial charge on any atom is 0.416 e. The number of hydrogen-bond donors (Lipinski definition) is 0. The maximum atomic E-state index is 13.6. The van der Waals surface area contributed by atoms with Crippen LogP contribution in [-0.2, 0) is 24.8 Å². The van der Waals surface area contributed by atoms with Crippen molar-refractivity contribution in [2.75, 3.05) is 13.2 Å². The van der Waals surface area contributed by atoms with Crippen LogP contribution in [0.3, 0.4) is 0 Å². The molecule has 1 aliphatic heterocycles. The van der Waals surface area contributed by atoms with Crippen LogP contribution in [0.4, 0.5) is 4.79 Å². The number of benzene rings is 3. The fourth-order valence-electron chi connectivity index (χ4n) is 6.30. The van der Waals surface area contributed by atoms with E-state index in [1.54, 1.807) is 0 Å². The summed E-state index contributed by atoms with van der Waals surface area (Å²) in [5, 5.41) is 2.29. The van der Waals surface area contributed by atoms with Crippen LogP contribution in [0.15, 0.2) is 91.0 Å². The summed E-state index contributed by atoms with van der Waals surface area (Å²) in [5.74, 6) is -0.184. The monoisotopic (exact) mass is 673 g/mol. The standard InChI is InChI=1S/C39H55NO5Si2/c1-30(25-26-36(41)40-32(28-43-37(40)42)27-31-19-13-10-14-20-31)35(45-46(8,9)38(2,3)4)29-44-47(39(5,6)7,33-21-15-11-16-22-33)34-23-17-12-18-24-34/h10-24,30,32,35H,25-29H2,1-9H3/t30-,32-,35+/m0/s1. The molecule has 0 saturated carbocycles. The molecule has 3 aromatic carbocycles. The molecule has 2 amide bonds. The predicted octanol–water partition coefficient (Wildman–Crippen LogP) is 7.96. The van der Waals surface area contributed by atoms with Crippen molar-refractivity contribution in [1.29, 1.82) is 0 Å². The number of imide groups is 1. The van der Waals surface area contributed by atoms with Crippen LogP contribution in [0.1, 0.15) is 66.9 Å². The van der Waals surface area contributed by atoms with Gasteiger partial charge < -0.3 is 13.6 Å². The maximum absolute atomic E-state index is 13.6. The molecule has 1 saturated heterocycles. The summed E-state index contributed by atoms with van der Waals surface area (Å²) in [7, 11) is -5.01. The first-order valence-corrected chi connectivity index (χ1v) is 21.8. The van der Waals surface area contributed by atoms with E-state index < -0.39 is 22.7 Å². The molecule has 0 aliphatic carbocycles. The first-order valence-electron chi connectivity index (χ1n) is 17.0. The van der Waals surface area contributed by atoms with E-state index in [9.17, 15) is 9.59 Å². The average molecular weight is 674 g/mol. The zero-order valence-corrected chi connectivity index (χ0v) is 31.9. The zero-order chi connectivity index (χ0) is 34.5. The number of hydrogen-bond acceptors (Lipinski definition) is 5. The summed E-state index contributed by atoms with van der Waals surface area (Å²) in [6, 6.07) is 31.0. The third kappa shape index (κ3) is 8.52. The van der Waals surface area contributed by atoms with Crippen molar-refractivity contribution in [2.45, 2.75) is 103 Å². The lowest BCUT2D eigenvalue weighted by molar-refractivity contribution is -0.129. The Labute approximate surface area is 285 Å². The van der Waals surface area contributed by atoms with E-state index in [4.69, 9.17) is 13.6 Å². The van der Waals surface area contributed by atoms with Crippen molar-refractivity contribution >= 4 is 39.0 Å². The molecular weight excluding hydrogens is 619 g/mol. The molecule has 1 aliphatic rings. The van der Waals surface area contributed by atoms with E-state index in [-0.39, 0.29) is 47.1 Å². The third-order valence-electron chi connectivity index (χ3n) is 10.1. The largest absolute Gasteiger partial charge is 0.447 e. The topological polar surface area (TPSA) is 65.1 Å². The van der Waals surface area contributed by atoms with E-state index in [0.717, 1.165) is 5.56 Å². The summed E-state index contributed by atoms with van der Waals surface area (Å²) in [6.07, 6.45) is 0.614. The average Bonchev–Trinajstić information content (AvgIpc) is 3.39. The van der Waals surface area contributed by atoms with Gasteiger partial charge in [-0.2, -0.15) is 0 Å². The summed E-state index contributed by atoms with van der Waals surface area (Å²) in [5.41, 5.74) is 1.07. The highest BCUT2D eigenvalue weighted by Gasteiger charge is 2.51. The van der Waals surface area contributed by atoms with Gasteiger partial charge in [0, 0.05) is 6.42 Å². The van der Waals surface area contributed by atoms with Crippen molar-refractivity contribution in [3.63, 3.8) is 0 Å². The number of rotatable bonds is 13. The van der Waals surface area contributed by atoms with E-state index >= 15 is 0 Å². The lowest BCUT2D eigenvalue weighted by atomic mass is 9.98. The van der Waals surface area contributed by atoms with Crippen LogP contribution in [0.25, 0.3) is 0 Å². The lowest BCUT2D eigenvalue weighted by Crippen LogP contribution is -2.67. The minimum atomic E-state index is -2.80. The van der Waals surface area contributed by atoms with Crippen molar-refractivity contribution in [1.82, 2.24) is 4.90 Å². The van der Waals surface area contributed by atoms with Crippen molar-refractivity contribution in [3.05, 3.63) is 96.6 Å². The van der Waals surface area contributed by atoms with Gasteiger partial charge in [0.25, 0.3) is 8.32 Å². The number of carbonyl (C=O) groups excluding carboxylic acids is 2. The Morgan fingerprint density at radius 3 is 1.85 bits per heavy atom. The smallest absolute Gasteiger partial charge is 0.416 e. The second-order valence-electron chi connectivity index (χ2n) is 15.6. The Bertz CT molecular complexity index is 1410. The van der Waals surface area contributed by atoms with E-state index in [0.29, 0.717) is 19.4 Å². The minimum absolute atomic E-state index is 0.00215. The van der Waals surface area contributed by atoms with Gasteiger partial charge in [-0.3, -0.25) is 4.79 Å². The Morgan fingerprint density at radius 2 is 1.36 bits per heavy atom. The van der Waals surface area contributed by atoms with Gasteiger partial charge in [0.15, 0.2) is 8.32 Å². The molecule has 6 nitrogen and oxygen atoms in total. The first-order chi connectivity index (χ1) is 22.1. The van der Waals surface area contributed by atoms with Crippen LogP contribution >= 0.6 is 0 Å². The Kier molecular flexibility index (Phi) is 11.8. The van der Waals surface area contributed by atoms with Crippen LogP contribution in [-0.4, -0.2) is 58.9 Å².